The molecule has 2 aromatic carbocycles. The standard InChI is InChI=1S/C28H42O5Si/c1-7-14-27(32-22-31-20-19-30-6)26(23(2)29)21-33-34(28(3,4)5,24-15-10-8-11-16-24)25-17-12-9-13-18-25/h7-13,15-18,23,26-27,29H,1,14,19-22H2,2-6H3/t23-,26-,27+/m1/s1. The lowest BCUT2D eigenvalue weighted by atomic mass is 9.95. The number of rotatable bonds is 15. The van der Waals surface area contributed by atoms with Gasteiger partial charge in [-0.15, -0.1) is 6.58 Å². The summed E-state index contributed by atoms with van der Waals surface area (Å²) in [6.07, 6.45) is 1.51. The van der Waals surface area contributed by atoms with Gasteiger partial charge in [-0.05, 0) is 28.8 Å². The Kier molecular flexibility index (Phi) is 11.6. The maximum absolute atomic E-state index is 10.8. The minimum absolute atomic E-state index is 0.129. The lowest BCUT2D eigenvalue weighted by Gasteiger charge is -2.44. The Morgan fingerprint density at radius 1 is 0.971 bits per heavy atom. The highest BCUT2D eigenvalue weighted by atomic mass is 28.4. The summed E-state index contributed by atoms with van der Waals surface area (Å²) in [7, 11) is -1.08. The van der Waals surface area contributed by atoms with Gasteiger partial charge in [-0.2, -0.15) is 0 Å². The van der Waals surface area contributed by atoms with Crippen LogP contribution in [0.1, 0.15) is 34.1 Å². The van der Waals surface area contributed by atoms with Crippen LogP contribution in [0.25, 0.3) is 0 Å². The summed E-state index contributed by atoms with van der Waals surface area (Å²) < 4.78 is 23.7. The van der Waals surface area contributed by atoms with Crippen LogP contribution < -0.4 is 10.4 Å². The van der Waals surface area contributed by atoms with Crippen molar-refractivity contribution in [3.8, 4) is 0 Å². The molecule has 6 heteroatoms. The maximum Gasteiger partial charge on any atom is 0.261 e. The molecule has 0 heterocycles. The monoisotopic (exact) mass is 486 g/mol. The first kappa shape index (κ1) is 28.4. The van der Waals surface area contributed by atoms with Gasteiger partial charge in [0.15, 0.2) is 0 Å². The zero-order valence-corrected chi connectivity index (χ0v) is 22.4. The molecule has 0 aliphatic rings. The van der Waals surface area contributed by atoms with E-state index in [9.17, 15) is 5.11 Å². The molecule has 0 fully saturated rings. The SMILES string of the molecule is C=CC[C@H](OCOCCOC)[C@H](CO[Si](c1ccccc1)(c1ccccc1)C(C)(C)C)[C@@H](C)O. The normalized spacial score (nSPS) is 15.0. The van der Waals surface area contributed by atoms with E-state index >= 15 is 0 Å². The van der Waals surface area contributed by atoms with E-state index in [-0.39, 0.29) is 23.9 Å². The van der Waals surface area contributed by atoms with Crippen molar-refractivity contribution in [1.29, 1.82) is 0 Å². The Balaban J connectivity index is 2.38. The Labute approximate surface area is 206 Å². The molecule has 2 rings (SSSR count). The third kappa shape index (κ3) is 7.35. The van der Waals surface area contributed by atoms with Gasteiger partial charge < -0.3 is 23.7 Å². The van der Waals surface area contributed by atoms with Crippen LogP contribution in [0.3, 0.4) is 0 Å². The predicted molar refractivity (Wildman–Crippen MR) is 141 cm³/mol. The van der Waals surface area contributed by atoms with Crippen molar-refractivity contribution in [3.63, 3.8) is 0 Å². The molecule has 5 nitrogen and oxygen atoms in total. The zero-order chi connectivity index (χ0) is 25.0. The Morgan fingerprint density at radius 3 is 1.97 bits per heavy atom. The van der Waals surface area contributed by atoms with Gasteiger partial charge in [0.05, 0.1) is 25.4 Å². The molecule has 0 bridgehead atoms. The number of methoxy groups -OCH3 is 1. The third-order valence-electron chi connectivity index (χ3n) is 6.20. The summed E-state index contributed by atoms with van der Waals surface area (Å²) in [6.45, 7) is 13.9. The molecule has 0 radical (unpaired) electrons. The lowest BCUT2D eigenvalue weighted by molar-refractivity contribution is -0.129. The van der Waals surface area contributed by atoms with Crippen LogP contribution in [0.2, 0.25) is 5.04 Å². The molecule has 34 heavy (non-hydrogen) atoms. The van der Waals surface area contributed by atoms with Gasteiger partial charge in [-0.25, -0.2) is 0 Å². The third-order valence-corrected chi connectivity index (χ3v) is 11.2. The molecule has 0 aliphatic heterocycles. The summed E-state index contributed by atoms with van der Waals surface area (Å²) >= 11 is 0. The van der Waals surface area contributed by atoms with Crippen molar-refractivity contribution in [2.75, 3.05) is 33.7 Å². The first-order chi connectivity index (χ1) is 16.3. The van der Waals surface area contributed by atoms with Crippen LogP contribution in [0.5, 0.6) is 0 Å². The second-order valence-electron chi connectivity index (χ2n) is 9.63. The molecular weight excluding hydrogens is 444 g/mol. The van der Waals surface area contributed by atoms with E-state index in [0.29, 0.717) is 26.2 Å². The van der Waals surface area contributed by atoms with Gasteiger partial charge in [0.1, 0.15) is 6.79 Å². The first-order valence-electron chi connectivity index (χ1n) is 12.0. The van der Waals surface area contributed by atoms with Gasteiger partial charge in [-0.1, -0.05) is 87.5 Å². The van der Waals surface area contributed by atoms with Crippen molar-refractivity contribution in [2.45, 2.75) is 51.4 Å². The van der Waals surface area contributed by atoms with Crippen molar-refractivity contribution in [1.82, 2.24) is 0 Å². The van der Waals surface area contributed by atoms with Crippen molar-refractivity contribution in [2.24, 2.45) is 5.92 Å². The van der Waals surface area contributed by atoms with E-state index in [1.807, 2.05) is 18.2 Å². The highest BCUT2D eigenvalue weighted by Crippen LogP contribution is 2.37. The predicted octanol–water partition coefficient (Wildman–Crippen LogP) is 4.14. The lowest BCUT2D eigenvalue weighted by Crippen LogP contribution is -2.67. The van der Waals surface area contributed by atoms with Crippen molar-refractivity contribution in [3.05, 3.63) is 73.3 Å². The first-order valence-corrected chi connectivity index (χ1v) is 13.9. The van der Waals surface area contributed by atoms with Crippen molar-refractivity contribution >= 4 is 18.7 Å². The zero-order valence-electron chi connectivity index (χ0n) is 21.4. The maximum atomic E-state index is 10.8. The van der Waals surface area contributed by atoms with Crippen molar-refractivity contribution < 1.29 is 23.7 Å². The number of aliphatic hydroxyl groups is 1. The molecular formula is C28H42O5Si. The minimum atomic E-state index is -2.72. The second-order valence-corrected chi connectivity index (χ2v) is 13.9. The van der Waals surface area contributed by atoms with Gasteiger partial charge >= 0.3 is 0 Å². The Bertz CT molecular complexity index is 780. The Hall–Kier alpha value is -1.80. The number of hydrogen-bond donors (Lipinski definition) is 1. The van der Waals surface area contributed by atoms with Crippen LogP contribution >= 0.6 is 0 Å². The average molecular weight is 487 g/mol. The summed E-state index contributed by atoms with van der Waals surface area (Å²) in [5.41, 5.74) is 0. The topological polar surface area (TPSA) is 57.2 Å². The number of benzene rings is 2. The summed E-state index contributed by atoms with van der Waals surface area (Å²) in [5.74, 6) is -0.245. The quantitative estimate of drug-likeness (QED) is 0.177. The molecule has 0 aliphatic carbocycles. The molecule has 188 valence electrons. The molecule has 0 amide bonds. The molecule has 0 saturated carbocycles. The molecule has 0 spiro atoms. The average Bonchev–Trinajstić information content (AvgIpc) is 2.81. The van der Waals surface area contributed by atoms with Gasteiger partial charge in [0.2, 0.25) is 0 Å². The molecule has 3 atom stereocenters. The summed E-state index contributed by atoms with van der Waals surface area (Å²) in [5, 5.41) is 13.0. The fraction of sp³-hybridized carbons (Fsp3) is 0.500. The van der Waals surface area contributed by atoms with E-state index in [1.54, 1.807) is 14.0 Å². The number of hydrogen-bond acceptors (Lipinski definition) is 5. The fourth-order valence-corrected chi connectivity index (χ4v) is 9.01. The molecule has 0 unspecified atom stereocenters. The fourth-order valence-electron chi connectivity index (χ4n) is 4.41. The largest absolute Gasteiger partial charge is 0.407 e. The number of ether oxygens (including phenoxy) is 3. The molecule has 0 aromatic heterocycles. The Morgan fingerprint density at radius 2 is 1.53 bits per heavy atom. The van der Waals surface area contributed by atoms with Gasteiger partial charge in [-0.3, -0.25) is 0 Å². The van der Waals surface area contributed by atoms with E-state index < -0.39 is 14.4 Å². The highest BCUT2D eigenvalue weighted by Gasteiger charge is 2.50. The van der Waals surface area contributed by atoms with Crippen LogP contribution in [0.15, 0.2) is 73.3 Å². The minimum Gasteiger partial charge on any atom is -0.407 e. The van der Waals surface area contributed by atoms with Crippen LogP contribution in [-0.4, -0.2) is 59.4 Å². The highest BCUT2D eigenvalue weighted by molar-refractivity contribution is 6.99. The van der Waals surface area contributed by atoms with Crippen LogP contribution in [0.4, 0.5) is 0 Å². The van der Waals surface area contributed by atoms with E-state index in [1.165, 1.54) is 10.4 Å². The van der Waals surface area contributed by atoms with E-state index in [2.05, 4.69) is 75.9 Å². The summed E-state index contributed by atoms with van der Waals surface area (Å²) in [4.78, 5) is 0. The summed E-state index contributed by atoms with van der Waals surface area (Å²) in [6, 6.07) is 21.0. The molecule has 1 N–H and O–H groups in total. The van der Waals surface area contributed by atoms with E-state index in [0.717, 1.165) is 0 Å². The van der Waals surface area contributed by atoms with Crippen LogP contribution in [0, 0.1) is 5.92 Å². The van der Waals surface area contributed by atoms with E-state index in [4.69, 9.17) is 18.6 Å². The van der Waals surface area contributed by atoms with Gasteiger partial charge in [0.25, 0.3) is 8.32 Å². The molecule has 2 aromatic rings. The number of aliphatic hydroxyl groups excluding tert-OH is 1. The van der Waals surface area contributed by atoms with Gasteiger partial charge in [0, 0.05) is 19.6 Å². The molecule has 0 saturated heterocycles. The van der Waals surface area contributed by atoms with Crippen LogP contribution in [-0.2, 0) is 18.6 Å². The second kappa shape index (κ2) is 13.9. The smallest absolute Gasteiger partial charge is 0.261 e.